The van der Waals surface area contributed by atoms with Crippen LogP contribution in [0.2, 0.25) is 0 Å². The molecule has 0 N–H and O–H groups in total. The van der Waals surface area contributed by atoms with Crippen LogP contribution in [0, 0.1) is 0 Å². The van der Waals surface area contributed by atoms with Crippen molar-refractivity contribution in [3.8, 4) is 0 Å². The number of imidazole rings is 1. The van der Waals surface area contributed by atoms with Gasteiger partial charge in [0, 0.05) is 25.4 Å². The monoisotopic (exact) mass is 410 g/mol. The second-order valence-electron chi connectivity index (χ2n) is 6.08. The van der Waals surface area contributed by atoms with Crippen LogP contribution in [0.5, 0.6) is 0 Å². The van der Waals surface area contributed by atoms with Gasteiger partial charge in [-0.05, 0) is 18.2 Å². The Morgan fingerprint density at radius 1 is 1.11 bits per heavy atom. The molecule has 2 aromatic heterocycles. The van der Waals surface area contributed by atoms with Crippen molar-refractivity contribution < 1.29 is 17.2 Å². The minimum absolute atomic E-state index is 0.0318. The summed E-state index contributed by atoms with van der Waals surface area (Å²) in [6.07, 6.45) is 1.17. The Morgan fingerprint density at radius 2 is 1.79 bits per heavy atom. The Labute approximate surface area is 160 Å². The number of para-hydroxylation sites is 2. The Morgan fingerprint density at radius 3 is 2.43 bits per heavy atom. The number of benzene rings is 1. The summed E-state index contributed by atoms with van der Waals surface area (Å²) in [4.78, 5) is 16.4. The van der Waals surface area contributed by atoms with Crippen molar-refractivity contribution in [3.63, 3.8) is 0 Å². The minimum atomic E-state index is -3.79. The molecule has 0 spiro atoms. The lowest BCUT2D eigenvalue weighted by Gasteiger charge is -2.19. The lowest BCUT2D eigenvalue weighted by atomic mass is 10.3. The molecule has 7 nitrogen and oxygen atoms in total. The second kappa shape index (κ2) is 7.80. The first-order valence-corrected chi connectivity index (χ1v) is 10.2. The first-order chi connectivity index (χ1) is 13.3. The Kier molecular flexibility index (Phi) is 5.61. The summed E-state index contributed by atoms with van der Waals surface area (Å²) in [6, 6.07) is 8.76. The van der Waals surface area contributed by atoms with Gasteiger partial charge in [-0.2, -0.15) is 13.1 Å². The predicted molar refractivity (Wildman–Crippen MR) is 101 cm³/mol. The van der Waals surface area contributed by atoms with Crippen LogP contribution in [0.25, 0.3) is 11.0 Å². The summed E-state index contributed by atoms with van der Waals surface area (Å²) in [6.45, 7) is 0.850. The minimum Gasteiger partial charge on any atom is -0.307 e. The van der Waals surface area contributed by atoms with E-state index in [1.807, 2.05) is 0 Å². The van der Waals surface area contributed by atoms with Gasteiger partial charge in [0.05, 0.1) is 22.5 Å². The van der Waals surface area contributed by atoms with E-state index in [1.54, 1.807) is 32.0 Å². The van der Waals surface area contributed by atoms with Crippen LogP contribution in [-0.2, 0) is 16.6 Å². The summed E-state index contributed by atoms with van der Waals surface area (Å²) in [7, 11) is -3.79. The molecule has 3 rings (SSSR count). The molecule has 0 saturated carbocycles. The predicted octanol–water partition coefficient (Wildman–Crippen LogP) is 2.67. The molecule has 0 unspecified atom stereocenters. The lowest BCUT2D eigenvalue weighted by molar-refractivity contribution is 0.0711. The Bertz CT molecular complexity index is 1150. The van der Waals surface area contributed by atoms with E-state index >= 15 is 0 Å². The number of halogens is 2. The molecule has 1 aromatic carbocycles. The van der Waals surface area contributed by atoms with E-state index < -0.39 is 22.1 Å². The first-order valence-electron chi connectivity index (χ1n) is 8.74. The zero-order valence-corrected chi connectivity index (χ0v) is 16.2. The van der Waals surface area contributed by atoms with E-state index in [0.29, 0.717) is 5.52 Å². The third-order valence-corrected chi connectivity index (χ3v) is 6.51. The van der Waals surface area contributed by atoms with Crippen molar-refractivity contribution >= 4 is 21.1 Å². The van der Waals surface area contributed by atoms with Crippen molar-refractivity contribution in [1.29, 1.82) is 0 Å². The maximum atomic E-state index is 13.6. The molecule has 0 aliphatic heterocycles. The van der Waals surface area contributed by atoms with Gasteiger partial charge in [-0.1, -0.05) is 26.0 Å². The van der Waals surface area contributed by atoms with Crippen LogP contribution in [0.4, 0.5) is 8.78 Å². The molecule has 28 heavy (non-hydrogen) atoms. The highest BCUT2D eigenvalue weighted by Gasteiger charge is 2.23. The van der Waals surface area contributed by atoms with Gasteiger partial charge in [0.2, 0.25) is 10.0 Å². The largest absolute Gasteiger partial charge is 0.320 e. The summed E-state index contributed by atoms with van der Waals surface area (Å²) in [5.41, 5.74) is 0.108. The number of rotatable bonds is 7. The third-order valence-electron chi connectivity index (χ3n) is 4.48. The second-order valence-corrected chi connectivity index (χ2v) is 8.02. The van der Waals surface area contributed by atoms with E-state index in [0.717, 1.165) is 15.2 Å². The molecule has 10 heteroatoms. The molecule has 3 aromatic rings. The van der Waals surface area contributed by atoms with Gasteiger partial charge < -0.3 is 4.57 Å². The number of fused-ring (bicyclic) bond motifs is 1. The highest BCUT2D eigenvalue weighted by atomic mass is 32.2. The van der Waals surface area contributed by atoms with Crippen molar-refractivity contribution in [2.75, 3.05) is 13.1 Å². The Balaban J connectivity index is 2.08. The topological polar surface area (TPSA) is 77.2 Å². The molecule has 0 radical (unpaired) electrons. The van der Waals surface area contributed by atoms with Crippen molar-refractivity contribution in [2.24, 2.45) is 0 Å². The van der Waals surface area contributed by atoms with E-state index in [2.05, 4.69) is 4.98 Å². The van der Waals surface area contributed by atoms with Crippen LogP contribution >= 0.6 is 0 Å². The molecule has 0 aliphatic rings. The molecule has 2 heterocycles. The fraction of sp³-hybridized carbons (Fsp3) is 0.333. The van der Waals surface area contributed by atoms with Crippen molar-refractivity contribution in [1.82, 2.24) is 18.4 Å². The zero-order valence-electron chi connectivity index (χ0n) is 15.4. The zero-order chi connectivity index (χ0) is 20.5. The number of hydrogen-bond donors (Lipinski definition) is 0. The Hall–Kier alpha value is -2.59. The molecule has 0 fully saturated rings. The molecule has 0 saturated heterocycles. The van der Waals surface area contributed by atoms with Crippen LogP contribution in [-0.4, -0.2) is 39.9 Å². The van der Waals surface area contributed by atoms with Crippen molar-refractivity contribution in [3.05, 3.63) is 58.8 Å². The summed E-state index contributed by atoms with van der Waals surface area (Å²) in [5, 5.41) is 0. The fourth-order valence-electron chi connectivity index (χ4n) is 3.07. The number of hydrogen-bond acceptors (Lipinski definition) is 4. The van der Waals surface area contributed by atoms with Crippen molar-refractivity contribution in [2.45, 2.75) is 31.8 Å². The number of sulfonamides is 1. The number of nitrogens with zero attached hydrogens (tertiary/aromatic N) is 4. The molecular weight excluding hydrogens is 390 g/mol. The molecular formula is C18H20F2N4O3S. The molecule has 0 atom stereocenters. The van der Waals surface area contributed by atoms with Gasteiger partial charge in [-0.25, -0.2) is 13.4 Å². The van der Waals surface area contributed by atoms with Gasteiger partial charge in [-0.15, -0.1) is 0 Å². The number of pyridine rings is 1. The third kappa shape index (κ3) is 3.57. The van der Waals surface area contributed by atoms with Gasteiger partial charge in [0.25, 0.3) is 5.56 Å². The average molecular weight is 410 g/mol. The summed E-state index contributed by atoms with van der Waals surface area (Å²) in [5.74, 6) is -0.0318. The van der Waals surface area contributed by atoms with E-state index in [4.69, 9.17) is 0 Å². The lowest BCUT2D eigenvalue weighted by Crippen LogP contribution is -2.32. The summed E-state index contributed by atoms with van der Waals surface area (Å²) < 4.78 is 55.7. The summed E-state index contributed by atoms with van der Waals surface area (Å²) >= 11 is 0. The molecule has 0 bridgehead atoms. The van der Waals surface area contributed by atoms with Gasteiger partial charge in [0.1, 0.15) is 5.82 Å². The highest BCUT2D eigenvalue weighted by Crippen LogP contribution is 2.23. The maximum Gasteiger partial charge on any atom is 0.320 e. The van der Waals surface area contributed by atoms with Crippen LogP contribution in [0.15, 0.2) is 52.3 Å². The average Bonchev–Trinajstić information content (AvgIpc) is 3.02. The SMILES string of the molecule is CCN(CC)S(=O)(=O)c1ccc(=O)n(Cc2nc3ccccc3n2C(F)F)c1. The first kappa shape index (κ1) is 20.2. The quantitative estimate of drug-likeness (QED) is 0.600. The van der Waals surface area contributed by atoms with Gasteiger partial charge in [0.15, 0.2) is 0 Å². The van der Waals surface area contributed by atoms with Crippen LogP contribution in [0.1, 0.15) is 26.2 Å². The maximum absolute atomic E-state index is 13.6. The number of aromatic nitrogens is 3. The fourth-order valence-corrected chi connectivity index (χ4v) is 4.55. The van der Waals surface area contributed by atoms with E-state index in [1.165, 1.54) is 22.6 Å². The normalized spacial score (nSPS) is 12.4. The molecule has 0 amide bonds. The van der Waals surface area contributed by atoms with E-state index in [9.17, 15) is 22.0 Å². The molecule has 150 valence electrons. The number of alkyl halides is 2. The van der Waals surface area contributed by atoms with Gasteiger partial charge >= 0.3 is 6.55 Å². The highest BCUT2D eigenvalue weighted by molar-refractivity contribution is 7.89. The molecule has 0 aliphatic carbocycles. The van der Waals surface area contributed by atoms with E-state index in [-0.39, 0.29) is 35.9 Å². The smallest absolute Gasteiger partial charge is 0.307 e. The van der Waals surface area contributed by atoms with Crippen LogP contribution < -0.4 is 5.56 Å². The van der Waals surface area contributed by atoms with Gasteiger partial charge in [-0.3, -0.25) is 9.36 Å². The standard InChI is InChI=1S/C18H20F2N4O3S/c1-3-23(4-2)28(26,27)13-9-10-17(25)22(11-13)12-16-21-14-7-5-6-8-15(14)24(16)18(19)20/h5-11,18H,3-4,12H2,1-2H3. The van der Waals surface area contributed by atoms with Crippen LogP contribution in [0.3, 0.4) is 0 Å².